The minimum absolute atomic E-state index is 0.0231. The second-order valence-electron chi connectivity index (χ2n) is 5.16. The summed E-state index contributed by atoms with van der Waals surface area (Å²) in [6.45, 7) is 2.97. The Bertz CT molecular complexity index is 462. The normalized spacial score (nSPS) is 19.7. The lowest BCUT2D eigenvalue weighted by atomic mass is 9.97. The van der Waals surface area contributed by atoms with Crippen LogP contribution in [0, 0.1) is 5.82 Å². The third kappa shape index (κ3) is 2.73. The predicted molar refractivity (Wildman–Crippen MR) is 80.1 cm³/mol. The summed E-state index contributed by atoms with van der Waals surface area (Å²) in [7, 11) is 0. The monoisotopic (exact) mass is 285 g/mol. The average molecular weight is 286 g/mol. The fraction of sp³-hybridized carbons (Fsp3) is 0.571. The van der Waals surface area contributed by atoms with E-state index in [4.69, 9.17) is 23.1 Å². The molecule has 4 N–H and O–H groups in total. The van der Waals surface area contributed by atoms with Gasteiger partial charge in [0.2, 0.25) is 0 Å². The molecule has 19 heavy (non-hydrogen) atoms. The Labute approximate surface area is 118 Å². The number of anilines is 3. The minimum atomic E-state index is -0.484. The molecule has 0 radical (unpaired) electrons. The Balaban J connectivity index is 2.41. The van der Waals surface area contributed by atoms with E-state index in [0.29, 0.717) is 17.4 Å². The van der Waals surface area contributed by atoms with Gasteiger partial charge in [-0.2, -0.15) is 0 Å². The van der Waals surface area contributed by atoms with Gasteiger partial charge in [-0.25, -0.2) is 4.39 Å². The lowest BCUT2D eigenvalue weighted by Crippen LogP contribution is -2.40. The van der Waals surface area contributed by atoms with Crippen molar-refractivity contribution in [3.63, 3.8) is 0 Å². The number of nitrogen functional groups attached to an aromatic ring is 2. The van der Waals surface area contributed by atoms with E-state index in [9.17, 15) is 4.39 Å². The quantitative estimate of drug-likeness (QED) is 0.831. The van der Waals surface area contributed by atoms with Gasteiger partial charge in [0.15, 0.2) is 5.82 Å². The second-order valence-corrected chi connectivity index (χ2v) is 5.54. The maximum atomic E-state index is 14.4. The van der Waals surface area contributed by atoms with E-state index in [1.165, 1.54) is 6.42 Å². The molecule has 1 aromatic rings. The van der Waals surface area contributed by atoms with Crippen molar-refractivity contribution < 1.29 is 4.39 Å². The number of nitrogens with zero attached hydrogens (tertiary/aromatic N) is 1. The molecule has 0 aliphatic carbocycles. The van der Waals surface area contributed by atoms with Crippen molar-refractivity contribution in [2.45, 2.75) is 45.1 Å². The summed E-state index contributed by atoms with van der Waals surface area (Å²) in [5, 5.41) is -0.0231. The molecule has 1 aromatic carbocycles. The van der Waals surface area contributed by atoms with Gasteiger partial charge in [0.25, 0.3) is 0 Å². The van der Waals surface area contributed by atoms with Crippen LogP contribution >= 0.6 is 11.6 Å². The summed E-state index contributed by atoms with van der Waals surface area (Å²) in [5.74, 6) is -0.484. The van der Waals surface area contributed by atoms with E-state index in [1.807, 2.05) is 0 Å². The first-order valence-electron chi connectivity index (χ1n) is 6.85. The molecule has 0 aromatic heterocycles. The average Bonchev–Trinajstić information content (AvgIpc) is 2.38. The minimum Gasteiger partial charge on any atom is -0.397 e. The molecule has 1 saturated heterocycles. The van der Waals surface area contributed by atoms with Crippen molar-refractivity contribution in [2.75, 3.05) is 22.9 Å². The van der Waals surface area contributed by atoms with Crippen molar-refractivity contribution in [3.05, 3.63) is 16.9 Å². The summed E-state index contributed by atoms with van der Waals surface area (Å²) >= 11 is 5.92. The van der Waals surface area contributed by atoms with Crippen molar-refractivity contribution in [1.82, 2.24) is 0 Å². The maximum Gasteiger partial charge on any atom is 0.169 e. The third-order valence-corrected chi connectivity index (χ3v) is 4.16. The van der Waals surface area contributed by atoms with Crippen LogP contribution in [0.15, 0.2) is 6.07 Å². The van der Waals surface area contributed by atoms with Crippen LogP contribution in [0.25, 0.3) is 0 Å². The molecule has 0 spiro atoms. The molecule has 0 bridgehead atoms. The molecule has 1 aliphatic heterocycles. The van der Waals surface area contributed by atoms with Crippen LogP contribution in [-0.2, 0) is 0 Å². The number of hydrogen-bond donors (Lipinski definition) is 2. The number of rotatable bonds is 3. The molecule has 1 atom stereocenters. The van der Waals surface area contributed by atoms with Crippen LogP contribution < -0.4 is 16.4 Å². The summed E-state index contributed by atoms with van der Waals surface area (Å²) < 4.78 is 14.4. The first kappa shape index (κ1) is 14.3. The predicted octanol–water partition coefficient (Wildman–Crippen LogP) is 3.80. The highest BCUT2D eigenvalue weighted by molar-refractivity contribution is 6.33. The number of hydrogen-bond acceptors (Lipinski definition) is 3. The molecule has 0 saturated carbocycles. The highest BCUT2D eigenvalue weighted by Gasteiger charge is 2.27. The summed E-state index contributed by atoms with van der Waals surface area (Å²) in [6.07, 6.45) is 5.44. The lowest BCUT2D eigenvalue weighted by molar-refractivity contribution is 0.429. The van der Waals surface area contributed by atoms with Crippen LogP contribution in [0.1, 0.15) is 39.0 Å². The lowest BCUT2D eigenvalue weighted by Gasteiger charge is -2.38. The fourth-order valence-electron chi connectivity index (χ4n) is 2.88. The summed E-state index contributed by atoms with van der Waals surface area (Å²) in [6, 6.07) is 1.90. The van der Waals surface area contributed by atoms with Crippen LogP contribution in [0.5, 0.6) is 0 Å². The zero-order chi connectivity index (χ0) is 14.0. The molecule has 5 heteroatoms. The first-order chi connectivity index (χ1) is 9.06. The number of nitrogens with two attached hydrogens (primary N) is 2. The number of benzene rings is 1. The van der Waals surface area contributed by atoms with E-state index in [2.05, 4.69) is 11.8 Å². The van der Waals surface area contributed by atoms with Gasteiger partial charge in [0.05, 0.1) is 17.1 Å². The summed E-state index contributed by atoms with van der Waals surface area (Å²) in [5.41, 5.74) is 12.6. The van der Waals surface area contributed by atoms with Crippen LogP contribution in [0.2, 0.25) is 5.02 Å². The van der Waals surface area contributed by atoms with E-state index in [1.54, 1.807) is 6.07 Å². The van der Waals surface area contributed by atoms with Gasteiger partial charge < -0.3 is 16.4 Å². The highest BCUT2D eigenvalue weighted by atomic mass is 35.5. The topological polar surface area (TPSA) is 55.3 Å². The largest absolute Gasteiger partial charge is 0.397 e. The molecule has 1 fully saturated rings. The van der Waals surface area contributed by atoms with Gasteiger partial charge in [-0.1, -0.05) is 24.9 Å². The van der Waals surface area contributed by atoms with Gasteiger partial charge in [0, 0.05) is 12.6 Å². The zero-order valence-corrected chi connectivity index (χ0v) is 12.0. The number of halogens is 2. The fourth-order valence-corrected chi connectivity index (χ4v) is 3.02. The second kappa shape index (κ2) is 5.87. The smallest absolute Gasteiger partial charge is 0.169 e. The molecule has 2 rings (SSSR count). The van der Waals surface area contributed by atoms with Crippen molar-refractivity contribution in [2.24, 2.45) is 0 Å². The van der Waals surface area contributed by atoms with Crippen LogP contribution in [0.4, 0.5) is 21.5 Å². The van der Waals surface area contributed by atoms with Gasteiger partial charge in [0.1, 0.15) is 5.02 Å². The van der Waals surface area contributed by atoms with Crippen molar-refractivity contribution in [1.29, 1.82) is 0 Å². The highest BCUT2D eigenvalue weighted by Crippen LogP contribution is 2.39. The van der Waals surface area contributed by atoms with E-state index in [-0.39, 0.29) is 10.7 Å². The molecule has 1 aliphatic rings. The SMILES string of the molecule is CCCC1CCCCN1c1c(N)cc(N)c(Cl)c1F. The molecular weight excluding hydrogens is 265 g/mol. The molecule has 1 heterocycles. The Hall–Kier alpha value is -1.16. The standard InChI is InChI=1S/C14H21ClFN3/c1-2-5-9-6-3-4-7-19(9)14-11(18)8-10(17)12(15)13(14)16/h8-9H,2-7,17-18H2,1H3. The van der Waals surface area contributed by atoms with E-state index >= 15 is 0 Å². The molecule has 1 unspecified atom stereocenters. The molecule has 106 valence electrons. The maximum absolute atomic E-state index is 14.4. The molecular formula is C14H21ClFN3. The van der Waals surface area contributed by atoms with E-state index < -0.39 is 5.82 Å². The zero-order valence-electron chi connectivity index (χ0n) is 11.3. The number of piperidine rings is 1. The van der Waals surface area contributed by atoms with Gasteiger partial charge in [-0.05, 0) is 31.7 Å². The van der Waals surface area contributed by atoms with E-state index in [0.717, 1.165) is 32.2 Å². The van der Waals surface area contributed by atoms with Gasteiger partial charge in [-0.15, -0.1) is 0 Å². The molecule has 0 amide bonds. The Kier molecular flexibility index (Phi) is 4.40. The van der Waals surface area contributed by atoms with Crippen molar-refractivity contribution >= 4 is 28.7 Å². The molecule has 3 nitrogen and oxygen atoms in total. The van der Waals surface area contributed by atoms with Crippen LogP contribution in [-0.4, -0.2) is 12.6 Å². The van der Waals surface area contributed by atoms with Crippen LogP contribution in [0.3, 0.4) is 0 Å². The summed E-state index contributed by atoms with van der Waals surface area (Å²) in [4.78, 5) is 2.07. The Morgan fingerprint density at radius 1 is 1.37 bits per heavy atom. The van der Waals surface area contributed by atoms with Crippen molar-refractivity contribution in [3.8, 4) is 0 Å². The van der Waals surface area contributed by atoms with Gasteiger partial charge in [-0.3, -0.25) is 0 Å². The Morgan fingerprint density at radius 2 is 2.11 bits per heavy atom. The Morgan fingerprint density at radius 3 is 2.79 bits per heavy atom. The third-order valence-electron chi connectivity index (χ3n) is 3.77. The first-order valence-corrected chi connectivity index (χ1v) is 7.23. The van der Waals surface area contributed by atoms with Gasteiger partial charge >= 0.3 is 0 Å².